The van der Waals surface area contributed by atoms with Crippen molar-refractivity contribution in [3.8, 4) is 0 Å². The van der Waals surface area contributed by atoms with Gasteiger partial charge in [0.05, 0.1) is 15.9 Å². The monoisotopic (exact) mass is 717 g/mol. The Bertz CT molecular complexity index is 1540. The number of hydrogen-bond acceptors (Lipinski definition) is 5. The molecule has 0 fully saturated rings. The number of alkyl halides is 17. The third-order valence-electron chi connectivity index (χ3n) is 6.21. The summed E-state index contributed by atoms with van der Waals surface area (Å²) >= 11 is 0. The van der Waals surface area contributed by atoms with Gasteiger partial charge < -0.3 is 4.90 Å². The second kappa shape index (κ2) is 11.7. The smallest absolute Gasteiger partial charge is 0.332 e. The quantitative estimate of drug-likeness (QED) is 0.0892. The van der Waals surface area contributed by atoms with E-state index in [1.54, 1.807) is 0 Å². The second-order valence-electron chi connectivity index (χ2n) is 9.16. The molecule has 0 saturated heterocycles. The van der Waals surface area contributed by atoms with Crippen molar-refractivity contribution in [1.29, 1.82) is 0 Å². The molecule has 0 aliphatic rings. The topological polar surface area (TPSA) is 89.5 Å². The van der Waals surface area contributed by atoms with E-state index in [9.17, 15) is 94.9 Å². The second-order valence-corrected chi connectivity index (χ2v) is 9.16. The molecule has 2 rings (SSSR count). The summed E-state index contributed by atoms with van der Waals surface area (Å²) in [5.41, 5.74) is -6.39. The van der Waals surface area contributed by atoms with E-state index in [0.717, 1.165) is 6.08 Å². The highest BCUT2D eigenvalue weighted by Crippen LogP contribution is 2.65. The molecular weight excluding hydrogens is 705 g/mol. The van der Waals surface area contributed by atoms with Crippen molar-refractivity contribution < 1.29 is 84.5 Å². The van der Waals surface area contributed by atoms with Crippen LogP contribution in [0.3, 0.4) is 0 Å². The van der Waals surface area contributed by atoms with Crippen molar-refractivity contribution in [3.05, 3.63) is 80.9 Å². The predicted molar refractivity (Wildman–Crippen MR) is 123 cm³/mol. The van der Waals surface area contributed by atoms with Crippen LogP contribution < -0.4 is 4.90 Å². The highest BCUT2D eigenvalue weighted by molar-refractivity contribution is 5.74. The SMILES string of the molecule is C=CCN(c1cccc(C(F)(F)C(F)(F)C(F)(F)C(F)(F)C(F)(F)C(F)(F)C(F)(F)C(F)(F)F)c1)c1ccc([N+](=O)[O-])cc1[N+](=O)[O-]. The zero-order chi connectivity index (χ0) is 37.0. The van der Waals surface area contributed by atoms with E-state index in [0.29, 0.717) is 29.2 Å². The molecule has 47 heavy (non-hydrogen) atoms. The molecule has 0 heterocycles. The van der Waals surface area contributed by atoms with Gasteiger partial charge in [-0.2, -0.15) is 74.6 Å². The summed E-state index contributed by atoms with van der Waals surface area (Å²) in [4.78, 5) is 20.6. The molecule has 0 unspecified atom stereocenters. The molecule has 7 nitrogen and oxygen atoms in total. The van der Waals surface area contributed by atoms with Crippen LogP contribution in [0.15, 0.2) is 55.1 Å². The van der Waals surface area contributed by atoms with Crippen molar-refractivity contribution in [2.75, 3.05) is 11.4 Å². The number of nitro groups is 2. The van der Waals surface area contributed by atoms with Crippen molar-refractivity contribution in [2.24, 2.45) is 0 Å². The number of rotatable bonds is 13. The minimum atomic E-state index is -8.79. The van der Waals surface area contributed by atoms with E-state index in [4.69, 9.17) is 0 Å². The highest BCUT2D eigenvalue weighted by Gasteiger charge is 2.95. The standard InChI is InChI=1S/C23H12F17N3O4/c1-2-8-41(14-7-6-13(42(44)45)10-15(14)43(46)47)12-5-3-4-11(9-12)16(24,25)17(26,27)18(28,29)19(30,31)20(32,33)21(34,35)22(36,37)23(38,39)40/h2-7,9-10H,1,8H2. The Balaban J connectivity index is 2.76. The third kappa shape index (κ3) is 5.74. The van der Waals surface area contributed by atoms with Gasteiger partial charge in [0, 0.05) is 23.9 Å². The minimum absolute atomic E-state index is 0.255. The van der Waals surface area contributed by atoms with Crippen molar-refractivity contribution in [3.63, 3.8) is 0 Å². The Morgan fingerprint density at radius 3 is 1.53 bits per heavy atom. The molecule has 0 spiro atoms. The van der Waals surface area contributed by atoms with Crippen molar-refractivity contribution in [1.82, 2.24) is 0 Å². The number of halogens is 17. The molecule has 0 aliphatic carbocycles. The van der Waals surface area contributed by atoms with Crippen LogP contribution >= 0.6 is 0 Å². The molecule has 0 bridgehead atoms. The number of nitro benzene ring substituents is 2. The number of anilines is 2. The summed E-state index contributed by atoms with van der Waals surface area (Å²) in [6.07, 6.45) is -7.05. The van der Waals surface area contributed by atoms with Gasteiger partial charge in [-0.25, -0.2) is 0 Å². The van der Waals surface area contributed by atoms with Gasteiger partial charge in [-0.15, -0.1) is 6.58 Å². The van der Waals surface area contributed by atoms with E-state index in [1.165, 1.54) is 0 Å². The molecular formula is C23H12F17N3O4. The van der Waals surface area contributed by atoms with Gasteiger partial charge in [-0.3, -0.25) is 20.2 Å². The van der Waals surface area contributed by atoms with Gasteiger partial charge in [0.1, 0.15) is 5.69 Å². The molecule has 2 aromatic rings. The molecule has 0 aliphatic heterocycles. The molecule has 0 saturated carbocycles. The van der Waals surface area contributed by atoms with Crippen LogP contribution in [-0.2, 0) is 5.92 Å². The Morgan fingerprint density at radius 2 is 1.11 bits per heavy atom. The summed E-state index contributed by atoms with van der Waals surface area (Å²) in [7, 11) is 0. The summed E-state index contributed by atoms with van der Waals surface area (Å²) < 4.78 is 233. The summed E-state index contributed by atoms with van der Waals surface area (Å²) in [6, 6.07) is 1.81. The first kappa shape index (κ1) is 38.8. The van der Waals surface area contributed by atoms with Crippen LogP contribution in [0.5, 0.6) is 0 Å². The van der Waals surface area contributed by atoms with E-state index in [1.807, 2.05) is 0 Å². The average molecular weight is 717 g/mol. The predicted octanol–water partition coefficient (Wildman–Crippen LogP) is 9.29. The van der Waals surface area contributed by atoms with Crippen LogP contribution in [-0.4, -0.2) is 58.1 Å². The lowest BCUT2D eigenvalue weighted by molar-refractivity contribution is -0.462. The van der Waals surface area contributed by atoms with Crippen LogP contribution in [0.1, 0.15) is 5.56 Å². The Morgan fingerprint density at radius 1 is 0.638 bits per heavy atom. The lowest BCUT2D eigenvalue weighted by Crippen LogP contribution is -2.74. The number of hydrogen-bond donors (Lipinski definition) is 0. The molecule has 24 heteroatoms. The fraction of sp³-hybridized carbons (Fsp3) is 0.391. The minimum Gasteiger partial charge on any atom is -0.332 e. The number of benzene rings is 2. The van der Waals surface area contributed by atoms with Gasteiger partial charge in [-0.05, 0) is 18.2 Å². The van der Waals surface area contributed by atoms with E-state index in [-0.39, 0.29) is 18.2 Å². The largest absolute Gasteiger partial charge is 0.460 e. The van der Waals surface area contributed by atoms with Crippen LogP contribution in [0, 0.1) is 20.2 Å². The third-order valence-corrected chi connectivity index (χ3v) is 6.21. The van der Waals surface area contributed by atoms with Crippen LogP contribution in [0.4, 0.5) is 97.4 Å². The maximum atomic E-state index is 14.9. The van der Waals surface area contributed by atoms with E-state index < -0.39 is 92.3 Å². The Hall–Kier alpha value is -4.41. The van der Waals surface area contributed by atoms with E-state index in [2.05, 4.69) is 6.58 Å². The number of nitrogens with zero attached hydrogens (tertiary/aromatic N) is 3. The Labute approximate surface area is 248 Å². The van der Waals surface area contributed by atoms with Crippen molar-refractivity contribution in [2.45, 2.75) is 47.6 Å². The van der Waals surface area contributed by atoms with Gasteiger partial charge in [-0.1, -0.05) is 18.2 Å². The van der Waals surface area contributed by atoms with Gasteiger partial charge in [0.2, 0.25) is 0 Å². The number of non-ortho nitro benzene ring substituents is 1. The lowest BCUT2D eigenvalue weighted by Gasteiger charge is -2.42. The molecule has 0 aromatic heterocycles. The normalized spacial score (nSPS) is 14.1. The van der Waals surface area contributed by atoms with Crippen LogP contribution in [0.25, 0.3) is 0 Å². The molecule has 0 atom stereocenters. The first-order valence-corrected chi connectivity index (χ1v) is 11.5. The van der Waals surface area contributed by atoms with Gasteiger partial charge >= 0.3 is 47.6 Å². The first-order chi connectivity index (χ1) is 20.9. The maximum Gasteiger partial charge on any atom is 0.460 e. The molecule has 0 radical (unpaired) electrons. The molecule has 262 valence electrons. The molecule has 0 N–H and O–H groups in total. The molecule has 2 aromatic carbocycles. The average Bonchev–Trinajstić information content (AvgIpc) is 2.94. The summed E-state index contributed by atoms with van der Waals surface area (Å²) in [5.74, 6) is -57.9. The summed E-state index contributed by atoms with van der Waals surface area (Å²) in [6.45, 7) is 2.43. The zero-order valence-electron chi connectivity index (χ0n) is 21.9. The fourth-order valence-electron chi connectivity index (χ4n) is 3.69. The lowest BCUT2D eigenvalue weighted by atomic mass is 9.87. The van der Waals surface area contributed by atoms with Gasteiger partial charge in [0.25, 0.3) is 11.4 Å². The first-order valence-electron chi connectivity index (χ1n) is 11.5. The van der Waals surface area contributed by atoms with Gasteiger partial charge in [0.15, 0.2) is 0 Å². The summed E-state index contributed by atoms with van der Waals surface area (Å²) in [5, 5.41) is 22.5. The zero-order valence-corrected chi connectivity index (χ0v) is 21.9. The van der Waals surface area contributed by atoms with Crippen LogP contribution in [0.2, 0.25) is 0 Å². The molecule has 0 amide bonds. The van der Waals surface area contributed by atoms with E-state index >= 15 is 0 Å². The fourth-order valence-corrected chi connectivity index (χ4v) is 3.69. The van der Waals surface area contributed by atoms with Crippen molar-refractivity contribution >= 4 is 22.7 Å². The maximum absolute atomic E-state index is 14.9. The highest BCUT2D eigenvalue weighted by atomic mass is 19.4. The Kier molecular flexibility index (Phi) is 9.64.